The van der Waals surface area contributed by atoms with Crippen molar-refractivity contribution in [3.63, 3.8) is 0 Å². The maximum Gasteiger partial charge on any atom is 0.363 e. The first-order valence-corrected chi connectivity index (χ1v) is 5.99. The van der Waals surface area contributed by atoms with Crippen LogP contribution in [0.2, 0.25) is 0 Å². The van der Waals surface area contributed by atoms with Crippen molar-refractivity contribution < 1.29 is 4.74 Å². The van der Waals surface area contributed by atoms with E-state index in [1.807, 2.05) is 24.3 Å². The zero-order chi connectivity index (χ0) is 13.7. The van der Waals surface area contributed by atoms with Gasteiger partial charge in [0.05, 0.1) is 7.11 Å². The molecule has 0 saturated carbocycles. The second-order valence-corrected chi connectivity index (χ2v) is 4.10. The third kappa shape index (κ3) is 3.54. The van der Waals surface area contributed by atoms with Gasteiger partial charge in [0.2, 0.25) is 0 Å². The second-order valence-electron chi connectivity index (χ2n) is 4.10. The molecule has 0 unspecified atom stereocenters. The standard InChI is InChI=1S/C13H16N4O2/c1-9-12(15-13(18)17-16-9)14-8-7-10-3-5-11(19-2)6-4-10/h3-6H,7-8H2,1-2H3,(H2,14,15,17,18). The summed E-state index contributed by atoms with van der Waals surface area (Å²) in [6.07, 6.45) is 0.831. The van der Waals surface area contributed by atoms with Crippen molar-refractivity contribution in [1.29, 1.82) is 0 Å². The Morgan fingerprint density at radius 1 is 1.32 bits per heavy atom. The molecule has 0 aliphatic rings. The van der Waals surface area contributed by atoms with Crippen molar-refractivity contribution in [1.82, 2.24) is 15.2 Å². The van der Waals surface area contributed by atoms with E-state index < -0.39 is 5.69 Å². The summed E-state index contributed by atoms with van der Waals surface area (Å²) in [5.74, 6) is 1.37. The molecule has 1 aromatic heterocycles. The first-order valence-electron chi connectivity index (χ1n) is 5.99. The van der Waals surface area contributed by atoms with Crippen LogP contribution in [0.25, 0.3) is 0 Å². The molecule has 0 amide bonds. The Bertz CT molecular complexity index is 592. The minimum atomic E-state index is -0.447. The van der Waals surface area contributed by atoms with E-state index in [4.69, 9.17) is 4.74 Å². The van der Waals surface area contributed by atoms with Crippen LogP contribution in [0.4, 0.5) is 5.82 Å². The van der Waals surface area contributed by atoms with Crippen molar-refractivity contribution in [3.05, 3.63) is 46.0 Å². The highest BCUT2D eigenvalue weighted by Gasteiger charge is 2.01. The molecule has 6 heteroatoms. The summed E-state index contributed by atoms with van der Waals surface area (Å²) in [6.45, 7) is 2.48. The van der Waals surface area contributed by atoms with Crippen LogP contribution in [0.15, 0.2) is 29.1 Å². The second kappa shape index (κ2) is 5.99. The van der Waals surface area contributed by atoms with Gasteiger partial charge in [-0.2, -0.15) is 10.1 Å². The molecular weight excluding hydrogens is 244 g/mol. The molecule has 19 heavy (non-hydrogen) atoms. The fourth-order valence-corrected chi connectivity index (χ4v) is 1.68. The van der Waals surface area contributed by atoms with E-state index in [-0.39, 0.29) is 0 Å². The van der Waals surface area contributed by atoms with Gasteiger partial charge >= 0.3 is 5.69 Å². The quantitative estimate of drug-likeness (QED) is 0.842. The first kappa shape index (κ1) is 13.1. The molecule has 100 valence electrons. The monoisotopic (exact) mass is 260 g/mol. The highest BCUT2D eigenvalue weighted by Crippen LogP contribution is 2.12. The van der Waals surface area contributed by atoms with Crippen molar-refractivity contribution >= 4 is 5.82 Å². The van der Waals surface area contributed by atoms with Crippen LogP contribution in [-0.2, 0) is 6.42 Å². The fourth-order valence-electron chi connectivity index (χ4n) is 1.68. The lowest BCUT2D eigenvalue weighted by Crippen LogP contribution is -2.18. The van der Waals surface area contributed by atoms with Gasteiger partial charge in [0, 0.05) is 6.54 Å². The van der Waals surface area contributed by atoms with Gasteiger partial charge in [-0.05, 0) is 31.0 Å². The summed E-state index contributed by atoms with van der Waals surface area (Å²) in [6, 6.07) is 7.87. The topological polar surface area (TPSA) is 79.9 Å². The van der Waals surface area contributed by atoms with Crippen LogP contribution >= 0.6 is 0 Å². The summed E-state index contributed by atoms with van der Waals surface area (Å²) in [4.78, 5) is 14.9. The molecular formula is C13H16N4O2. The lowest BCUT2D eigenvalue weighted by molar-refractivity contribution is 0.414. The SMILES string of the molecule is COc1ccc(CCNc2nc(=O)[nH]nc2C)cc1. The maximum absolute atomic E-state index is 11.1. The number of anilines is 1. The molecule has 0 fully saturated rings. The Morgan fingerprint density at radius 2 is 2.05 bits per heavy atom. The van der Waals surface area contributed by atoms with E-state index in [0.29, 0.717) is 18.1 Å². The normalized spacial score (nSPS) is 10.2. The zero-order valence-electron chi connectivity index (χ0n) is 10.9. The Kier molecular flexibility index (Phi) is 4.12. The van der Waals surface area contributed by atoms with Gasteiger partial charge in [0.15, 0.2) is 5.82 Å². The summed E-state index contributed by atoms with van der Waals surface area (Å²) >= 11 is 0. The van der Waals surface area contributed by atoms with Crippen molar-refractivity contribution in [3.8, 4) is 5.75 Å². The fraction of sp³-hybridized carbons (Fsp3) is 0.308. The number of rotatable bonds is 5. The minimum Gasteiger partial charge on any atom is -0.497 e. The summed E-state index contributed by atoms with van der Waals surface area (Å²) in [5, 5.41) is 9.24. The third-order valence-corrected chi connectivity index (χ3v) is 2.74. The molecule has 0 aliphatic carbocycles. The Morgan fingerprint density at radius 3 is 2.74 bits per heavy atom. The average molecular weight is 260 g/mol. The number of hydrogen-bond donors (Lipinski definition) is 2. The van der Waals surface area contributed by atoms with Crippen molar-refractivity contribution in [2.75, 3.05) is 19.0 Å². The van der Waals surface area contributed by atoms with Gasteiger partial charge in [-0.1, -0.05) is 12.1 Å². The van der Waals surface area contributed by atoms with E-state index in [9.17, 15) is 4.79 Å². The highest BCUT2D eigenvalue weighted by molar-refractivity contribution is 5.37. The number of H-pyrrole nitrogens is 1. The number of hydrogen-bond acceptors (Lipinski definition) is 5. The molecule has 0 aliphatic heterocycles. The van der Waals surface area contributed by atoms with Crippen LogP contribution in [-0.4, -0.2) is 28.8 Å². The van der Waals surface area contributed by atoms with Gasteiger partial charge < -0.3 is 10.1 Å². The molecule has 2 N–H and O–H groups in total. The highest BCUT2D eigenvalue weighted by atomic mass is 16.5. The average Bonchev–Trinajstić information content (AvgIpc) is 2.43. The van der Waals surface area contributed by atoms with E-state index in [1.54, 1.807) is 14.0 Å². The maximum atomic E-state index is 11.1. The van der Waals surface area contributed by atoms with Gasteiger partial charge in [0.1, 0.15) is 11.4 Å². The molecule has 0 saturated heterocycles. The zero-order valence-corrected chi connectivity index (χ0v) is 10.9. The van der Waals surface area contributed by atoms with Gasteiger partial charge in [-0.25, -0.2) is 9.89 Å². The molecule has 6 nitrogen and oxygen atoms in total. The van der Waals surface area contributed by atoms with Gasteiger partial charge in [0.25, 0.3) is 0 Å². The van der Waals surface area contributed by atoms with E-state index in [0.717, 1.165) is 12.2 Å². The third-order valence-electron chi connectivity index (χ3n) is 2.74. The number of aromatic amines is 1. The van der Waals surface area contributed by atoms with Crippen molar-refractivity contribution in [2.24, 2.45) is 0 Å². The lowest BCUT2D eigenvalue weighted by atomic mass is 10.1. The van der Waals surface area contributed by atoms with E-state index in [1.165, 1.54) is 5.56 Å². The Hall–Kier alpha value is -2.37. The summed E-state index contributed by atoms with van der Waals surface area (Å²) < 4.78 is 5.10. The number of nitrogens with one attached hydrogen (secondary N) is 2. The van der Waals surface area contributed by atoms with E-state index >= 15 is 0 Å². The van der Waals surface area contributed by atoms with Crippen molar-refractivity contribution in [2.45, 2.75) is 13.3 Å². The number of aryl methyl sites for hydroxylation is 1. The smallest absolute Gasteiger partial charge is 0.363 e. The summed E-state index contributed by atoms with van der Waals surface area (Å²) in [5.41, 5.74) is 1.41. The van der Waals surface area contributed by atoms with Gasteiger partial charge in [-0.3, -0.25) is 0 Å². The van der Waals surface area contributed by atoms with Crippen LogP contribution < -0.4 is 15.7 Å². The Balaban J connectivity index is 1.92. The predicted octanol–water partition coefficient (Wildman–Crippen LogP) is 1.14. The molecule has 2 rings (SSSR count). The van der Waals surface area contributed by atoms with Crippen LogP contribution in [0.5, 0.6) is 5.75 Å². The van der Waals surface area contributed by atoms with Crippen LogP contribution in [0.3, 0.4) is 0 Å². The number of aromatic nitrogens is 3. The molecule has 0 bridgehead atoms. The number of nitrogens with zero attached hydrogens (tertiary/aromatic N) is 2. The predicted molar refractivity (Wildman–Crippen MR) is 72.6 cm³/mol. The Labute approximate surface area is 110 Å². The van der Waals surface area contributed by atoms with E-state index in [2.05, 4.69) is 20.5 Å². The minimum absolute atomic E-state index is 0.447. The molecule has 1 heterocycles. The largest absolute Gasteiger partial charge is 0.497 e. The molecule has 0 atom stereocenters. The van der Waals surface area contributed by atoms with Gasteiger partial charge in [-0.15, -0.1) is 0 Å². The molecule has 1 aromatic carbocycles. The molecule has 0 spiro atoms. The first-order chi connectivity index (χ1) is 9.19. The molecule has 2 aromatic rings. The van der Waals surface area contributed by atoms with Crippen LogP contribution in [0.1, 0.15) is 11.3 Å². The molecule has 0 radical (unpaired) electrons. The van der Waals surface area contributed by atoms with Crippen LogP contribution in [0, 0.1) is 6.92 Å². The number of methoxy groups -OCH3 is 1. The lowest BCUT2D eigenvalue weighted by Gasteiger charge is -2.07. The summed E-state index contributed by atoms with van der Waals surface area (Å²) in [7, 11) is 1.64. The number of ether oxygens (including phenoxy) is 1. The number of benzene rings is 1.